The number of carbonyl (C=O) groups is 1. The van der Waals surface area contributed by atoms with Crippen LogP contribution in [0.25, 0.3) is 0 Å². The average Bonchev–Trinajstić information content (AvgIpc) is 2.51. The summed E-state index contributed by atoms with van der Waals surface area (Å²) in [4.78, 5) is 14.1. The predicted molar refractivity (Wildman–Crippen MR) is 113 cm³/mol. The lowest BCUT2D eigenvalue weighted by molar-refractivity contribution is -0.115. The monoisotopic (exact) mass is 419 g/mol. The van der Waals surface area contributed by atoms with Crippen molar-refractivity contribution in [2.45, 2.75) is 6.42 Å². The summed E-state index contributed by atoms with van der Waals surface area (Å²) >= 11 is 6.20. The maximum absolute atomic E-state index is 12.1. The van der Waals surface area contributed by atoms with Gasteiger partial charge < -0.3 is 20.7 Å². The highest BCUT2D eigenvalue weighted by Crippen LogP contribution is 2.27. The van der Waals surface area contributed by atoms with E-state index in [0.29, 0.717) is 28.8 Å². The lowest BCUT2D eigenvalue weighted by Crippen LogP contribution is -2.19. The largest absolute Gasteiger partial charge is 0.491 e. The van der Waals surface area contributed by atoms with Crippen molar-refractivity contribution in [2.75, 3.05) is 38.3 Å². The molecule has 0 saturated carbocycles. The van der Waals surface area contributed by atoms with Crippen molar-refractivity contribution in [1.29, 1.82) is 0 Å². The fourth-order valence-electron chi connectivity index (χ4n) is 2.06. The second kappa shape index (κ2) is 11.9. The number of ether oxygens (including phenoxy) is 1. The smallest absolute Gasteiger partial charge is 0.228 e. The molecule has 5 nitrogen and oxygen atoms in total. The minimum absolute atomic E-state index is 0. The summed E-state index contributed by atoms with van der Waals surface area (Å²) in [5.74, 6) is 0.493. The number of nitrogen functional groups attached to an aromatic ring is 1. The Kier molecular flexibility index (Phi) is 11.1. The van der Waals surface area contributed by atoms with Gasteiger partial charge in [-0.2, -0.15) is 0 Å². The summed E-state index contributed by atoms with van der Waals surface area (Å²) in [6, 6.07) is 12.5. The number of rotatable bonds is 7. The Morgan fingerprint density at radius 2 is 1.81 bits per heavy atom. The number of nitrogens with zero attached hydrogens (tertiary/aromatic N) is 1. The molecule has 0 atom stereocenters. The zero-order chi connectivity index (χ0) is 17.5. The minimum Gasteiger partial charge on any atom is -0.491 e. The van der Waals surface area contributed by atoms with Crippen molar-refractivity contribution in [1.82, 2.24) is 4.90 Å². The number of benzene rings is 2. The van der Waals surface area contributed by atoms with E-state index in [1.807, 2.05) is 31.1 Å². The molecule has 0 saturated heterocycles. The van der Waals surface area contributed by atoms with E-state index in [-0.39, 0.29) is 37.1 Å². The Bertz CT molecular complexity index is 695. The maximum atomic E-state index is 12.1. The number of halogens is 3. The van der Waals surface area contributed by atoms with E-state index >= 15 is 0 Å². The fourth-order valence-corrected chi connectivity index (χ4v) is 2.29. The zero-order valence-electron chi connectivity index (χ0n) is 14.7. The summed E-state index contributed by atoms with van der Waals surface area (Å²) in [6.07, 6.45) is 0.277. The minimum atomic E-state index is -0.114. The normalized spacial score (nSPS) is 9.85. The van der Waals surface area contributed by atoms with Crippen LogP contribution in [0.5, 0.6) is 5.75 Å². The van der Waals surface area contributed by atoms with E-state index in [4.69, 9.17) is 22.1 Å². The molecule has 0 heterocycles. The van der Waals surface area contributed by atoms with Crippen LogP contribution in [-0.4, -0.2) is 38.1 Å². The number of amides is 1. The Morgan fingerprint density at radius 3 is 2.38 bits per heavy atom. The summed E-state index contributed by atoms with van der Waals surface area (Å²) < 4.78 is 5.62. The number of hydrogen-bond donors (Lipinski definition) is 2. The molecule has 0 fully saturated rings. The summed E-state index contributed by atoms with van der Waals surface area (Å²) in [5, 5.41) is 3.30. The van der Waals surface area contributed by atoms with Crippen LogP contribution in [0.15, 0.2) is 42.5 Å². The molecule has 0 aliphatic carbocycles. The summed E-state index contributed by atoms with van der Waals surface area (Å²) in [6.45, 7) is 1.35. The van der Waals surface area contributed by atoms with Crippen LogP contribution in [0.4, 0.5) is 11.4 Å². The van der Waals surface area contributed by atoms with Crippen molar-refractivity contribution in [2.24, 2.45) is 0 Å². The molecule has 0 unspecified atom stereocenters. The third kappa shape index (κ3) is 8.15. The van der Waals surface area contributed by atoms with Crippen molar-refractivity contribution < 1.29 is 9.53 Å². The van der Waals surface area contributed by atoms with Gasteiger partial charge >= 0.3 is 0 Å². The molecule has 0 aromatic heterocycles. The van der Waals surface area contributed by atoms with Gasteiger partial charge in [0.25, 0.3) is 0 Å². The third-order valence-corrected chi connectivity index (χ3v) is 3.65. The number of carbonyl (C=O) groups excluding carboxylic acids is 1. The Labute approximate surface area is 171 Å². The van der Waals surface area contributed by atoms with E-state index in [1.54, 1.807) is 30.3 Å². The van der Waals surface area contributed by atoms with Gasteiger partial charge in [-0.15, -0.1) is 24.8 Å². The maximum Gasteiger partial charge on any atom is 0.228 e. The number of hydrogen-bond acceptors (Lipinski definition) is 4. The van der Waals surface area contributed by atoms with Crippen molar-refractivity contribution in [3.63, 3.8) is 0 Å². The number of likely N-dealkylation sites (N-methyl/N-ethyl adjacent to an activating group) is 1. The molecular formula is C18H24Cl3N3O2. The van der Waals surface area contributed by atoms with Gasteiger partial charge in [-0.3, -0.25) is 4.79 Å². The van der Waals surface area contributed by atoms with Gasteiger partial charge in [-0.05, 0) is 50.0 Å². The van der Waals surface area contributed by atoms with E-state index in [0.717, 1.165) is 12.1 Å². The van der Waals surface area contributed by atoms with Crippen LogP contribution in [0.1, 0.15) is 5.56 Å². The topological polar surface area (TPSA) is 67.6 Å². The van der Waals surface area contributed by atoms with Gasteiger partial charge in [-0.25, -0.2) is 0 Å². The van der Waals surface area contributed by atoms with Gasteiger partial charge in [0.15, 0.2) is 0 Å². The van der Waals surface area contributed by atoms with Gasteiger partial charge in [0.1, 0.15) is 12.4 Å². The Balaban J connectivity index is 0.00000312. The summed E-state index contributed by atoms with van der Waals surface area (Å²) in [7, 11) is 3.95. The Hall–Kier alpha value is -1.66. The quantitative estimate of drug-likeness (QED) is 0.667. The van der Waals surface area contributed by atoms with Gasteiger partial charge in [0.2, 0.25) is 5.91 Å². The van der Waals surface area contributed by atoms with E-state index in [1.165, 1.54) is 0 Å². The number of nitrogens with two attached hydrogens (primary N) is 1. The van der Waals surface area contributed by atoms with Crippen LogP contribution in [0.2, 0.25) is 5.02 Å². The summed E-state index contributed by atoms with van der Waals surface area (Å²) in [5.41, 5.74) is 7.85. The van der Waals surface area contributed by atoms with Gasteiger partial charge in [0, 0.05) is 17.9 Å². The molecular weight excluding hydrogens is 397 g/mol. The predicted octanol–water partition coefficient (Wildman–Crippen LogP) is 3.89. The molecule has 144 valence electrons. The molecule has 2 aromatic rings. The number of anilines is 2. The standard InChI is InChI=1S/C18H22ClN3O2.2ClH/c1-22(2)9-10-24-17-8-7-15(12-16(17)19)21-18(23)11-13-3-5-14(20)6-4-13;;/h3-8,12H,9-11,20H2,1-2H3,(H,21,23);2*1H. The first kappa shape index (κ1) is 24.3. The van der Waals surface area contributed by atoms with E-state index in [9.17, 15) is 4.79 Å². The third-order valence-electron chi connectivity index (χ3n) is 3.36. The molecule has 26 heavy (non-hydrogen) atoms. The lowest BCUT2D eigenvalue weighted by Gasteiger charge is -2.13. The SMILES string of the molecule is CN(C)CCOc1ccc(NC(=O)Cc2ccc(N)cc2)cc1Cl.Cl.Cl. The first-order valence-corrected chi connectivity index (χ1v) is 8.03. The second-order valence-corrected chi connectivity index (χ2v) is 6.17. The Morgan fingerprint density at radius 1 is 1.15 bits per heavy atom. The molecule has 0 aliphatic heterocycles. The van der Waals surface area contributed by atoms with Crippen molar-refractivity contribution >= 4 is 53.7 Å². The molecule has 1 amide bonds. The number of nitrogens with one attached hydrogen (secondary N) is 1. The first-order valence-electron chi connectivity index (χ1n) is 7.65. The molecule has 3 N–H and O–H groups in total. The van der Waals surface area contributed by atoms with Crippen LogP contribution >= 0.6 is 36.4 Å². The van der Waals surface area contributed by atoms with Gasteiger partial charge in [-0.1, -0.05) is 23.7 Å². The lowest BCUT2D eigenvalue weighted by atomic mass is 10.1. The fraction of sp³-hybridized carbons (Fsp3) is 0.278. The highest BCUT2D eigenvalue weighted by Gasteiger charge is 2.07. The van der Waals surface area contributed by atoms with E-state index < -0.39 is 0 Å². The highest BCUT2D eigenvalue weighted by molar-refractivity contribution is 6.32. The second-order valence-electron chi connectivity index (χ2n) is 5.76. The molecule has 2 rings (SSSR count). The van der Waals surface area contributed by atoms with E-state index in [2.05, 4.69) is 5.32 Å². The van der Waals surface area contributed by atoms with Crippen LogP contribution in [0.3, 0.4) is 0 Å². The molecule has 0 radical (unpaired) electrons. The molecule has 8 heteroatoms. The van der Waals surface area contributed by atoms with Crippen molar-refractivity contribution in [3.05, 3.63) is 53.1 Å². The van der Waals surface area contributed by atoms with Crippen LogP contribution < -0.4 is 15.8 Å². The van der Waals surface area contributed by atoms with Crippen molar-refractivity contribution in [3.8, 4) is 5.75 Å². The first-order chi connectivity index (χ1) is 11.4. The zero-order valence-corrected chi connectivity index (χ0v) is 17.1. The molecule has 0 spiro atoms. The molecule has 2 aromatic carbocycles. The average molecular weight is 421 g/mol. The van der Waals surface area contributed by atoms with Crippen LogP contribution in [-0.2, 0) is 11.2 Å². The van der Waals surface area contributed by atoms with Crippen LogP contribution in [0, 0.1) is 0 Å². The molecule has 0 bridgehead atoms. The van der Waals surface area contributed by atoms with Gasteiger partial charge in [0.05, 0.1) is 11.4 Å². The molecule has 0 aliphatic rings. The highest BCUT2D eigenvalue weighted by atomic mass is 35.5.